The molecule has 0 aromatic rings. The third kappa shape index (κ3) is 7.03. The maximum Gasteiger partial charge on any atom is 0.338 e. The molecule has 11 heavy (non-hydrogen) atoms. The number of nitrogens with one attached hydrogen (secondary N) is 2. The van der Waals surface area contributed by atoms with Crippen molar-refractivity contribution in [3.05, 3.63) is 0 Å². The maximum absolute atomic E-state index is 11.0. The molecule has 7 heteroatoms. The lowest BCUT2D eigenvalue weighted by molar-refractivity contribution is 0.451. The molecule has 2 radical (unpaired) electrons. The highest BCUT2D eigenvalue weighted by Gasteiger charge is 2.13. The van der Waals surface area contributed by atoms with Crippen LogP contribution in [0.15, 0.2) is 0 Å². The van der Waals surface area contributed by atoms with Crippen LogP contribution in [-0.4, -0.2) is 31.2 Å². The van der Waals surface area contributed by atoms with Gasteiger partial charge in [0.2, 0.25) is 0 Å². The fourth-order valence-corrected chi connectivity index (χ4v) is 1.93. The van der Waals surface area contributed by atoms with E-state index in [1.807, 2.05) is 0 Å². The van der Waals surface area contributed by atoms with E-state index in [0.29, 0.717) is 24.7 Å². The summed E-state index contributed by atoms with van der Waals surface area (Å²) in [6.07, 6.45) is 0.348. The maximum atomic E-state index is 11.0. The van der Waals surface area contributed by atoms with Gasteiger partial charge in [-0.25, -0.2) is 10.2 Å². The molecule has 0 saturated heterocycles. The summed E-state index contributed by atoms with van der Waals surface area (Å²) in [4.78, 5) is 9.03. The molecule has 0 aromatic heterocycles. The van der Waals surface area contributed by atoms with Crippen LogP contribution in [-0.2, 0) is 4.57 Å². The molecule has 1 atom stereocenters. The molecule has 4 nitrogen and oxygen atoms in total. The molecule has 0 aromatic carbocycles. The molecule has 0 heterocycles. The lowest BCUT2D eigenvalue weighted by atomic mass is 10.1. The Morgan fingerprint density at radius 3 is 2.45 bits per heavy atom. The van der Waals surface area contributed by atoms with E-state index in [-0.39, 0.29) is 0 Å². The largest absolute Gasteiger partial charge is 0.338 e. The Hall–Kier alpha value is 0.655. The lowest BCUT2D eigenvalue weighted by Gasteiger charge is -2.12. The van der Waals surface area contributed by atoms with Crippen molar-refractivity contribution >= 4 is 31.4 Å². The lowest BCUT2D eigenvalue weighted by Crippen LogP contribution is -2.24. The van der Waals surface area contributed by atoms with E-state index in [9.17, 15) is 4.57 Å². The topological polar surface area (TPSA) is 61.4 Å². The molecule has 0 fully saturated rings. The Balaban J connectivity index is 3.53. The molecule has 0 aliphatic rings. The zero-order valence-electron chi connectivity index (χ0n) is 6.09. The van der Waals surface area contributed by atoms with Gasteiger partial charge in [-0.2, -0.15) is 0 Å². The molecule has 64 valence electrons. The van der Waals surface area contributed by atoms with Crippen molar-refractivity contribution in [1.29, 1.82) is 0 Å². The monoisotopic (exact) mass is 240 g/mol. The van der Waals surface area contributed by atoms with Gasteiger partial charge in [0, 0.05) is 11.9 Å². The highest BCUT2D eigenvalue weighted by Crippen LogP contribution is 2.28. The van der Waals surface area contributed by atoms with Crippen molar-refractivity contribution in [2.45, 2.75) is 6.32 Å². The van der Waals surface area contributed by atoms with Gasteiger partial charge >= 0.3 is 7.67 Å². The number of hydrogen-bond donors (Lipinski definition) is 3. The van der Waals surface area contributed by atoms with Gasteiger partial charge in [0.05, 0.1) is 7.85 Å². The predicted molar refractivity (Wildman–Crippen MR) is 50.2 cm³/mol. The van der Waals surface area contributed by atoms with E-state index in [4.69, 9.17) is 12.7 Å². The SMILES string of the molecule is [B]CCNP(=O)(O)NCCBr. The van der Waals surface area contributed by atoms with Crippen LogP contribution >= 0.6 is 23.6 Å². The van der Waals surface area contributed by atoms with Crippen LogP contribution in [0, 0.1) is 0 Å². The van der Waals surface area contributed by atoms with Crippen molar-refractivity contribution in [2.75, 3.05) is 18.4 Å². The summed E-state index contributed by atoms with van der Waals surface area (Å²) in [5.41, 5.74) is 0. The van der Waals surface area contributed by atoms with Gasteiger partial charge in [-0.1, -0.05) is 22.3 Å². The molecular weight excluding hydrogens is 230 g/mol. The number of hydrogen-bond acceptors (Lipinski definition) is 1. The first-order chi connectivity index (χ1) is 5.12. The van der Waals surface area contributed by atoms with E-state index in [2.05, 4.69) is 26.1 Å². The molecule has 3 N–H and O–H groups in total. The highest BCUT2D eigenvalue weighted by molar-refractivity contribution is 9.09. The Labute approximate surface area is 76.2 Å². The van der Waals surface area contributed by atoms with Gasteiger partial charge in [-0.15, -0.1) is 0 Å². The Morgan fingerprint density at radius 2 is 2.00 bits per heavy atom. The van der Waals surface area contributed by atoms with Crippen LogP contribution in [0.25, 0.3) is 0 Å². The standard InChI is InChI=1S/C4H11BBrN2O2P/c5-1-3-7-11(9,10)8-4-2-6/h1-4H2,(H3,7,8,9,10). The highest BCUT2D eigenvalue weighted by atomic mass is 79.9. The van der Waals surface area contributed by atoms with E-state index >= 15 is 0 Å². The predicted octanol–water partition coefficient (Wildman–Crippen LogP) is 0.248. The molecule has 1 unspecified atom stereocenters. The van der Waals surface area contributed by atoms with Crippen molar-refractivity contribution in [3.63, 3.8) is 0 Å². The first-order valence-electron chi connectivity index (χ1n) is 3.21. The van der Waals surface area contributed by atoms with Crippen LogP contribution in [0.4, 0.5) is 0 Å². The van der Waals surface area contributed by atoms with E-state index < -0.39 is 7.67 Å². The van der Waals surface area contributed by atoms with Gasteiger partial charge in [0.1, 0.15) is 0 Å². The molecule has 0 aliphatic carbocycles. The summed E-state index contributed by atoms with van der Waals surface area (Å²) in [7, 11) is 1.80. The zero-order valence-corrected chi connectivity index (χ0v) is 8.57. The molecule has 0 bridgehead atoms. The van der Waals surface area contributed by atoms with Gasteiger partial charge < -0.3 is 4.89 Å². The fraction of sp³-hybridized carbons (Fsp3) is 1.00. The Bertz CT molecular complexity index is 136. The third-order valence-electron chi connectivity index (χ3n) is 0.891. The minimum absolute atomic E-state index is 0.336. The molecule has 0 saturated carbocycles. The second-order valence-electron chi connectivity index (χ2n) is 1.87. The number of alkyl halides is 1. The number of rotatable bonds is 6. The van der Waals surface area contributed by atoms with E-state index in [0.717, 1.165) is 0 Å². The molecular formula is C4H11BBrN2O2P. The quantitative estimate of drug-likeness (QED) is 0.354. The molecule has 0 aliphatic heterocycles. The second-order valence-corrected chi connectivity index (χ2v) is 4.45. The first kappa shape index (κ1) is 11.7. The van der Waals surface area contributed by atoms with Crippen LogP contribution in [0.5, 0.6) is 0 Å². The van der Waals surface area contributed by atoms with E-state index in [1.165, 1.54) is 0 Å². The summed E-state index contributed by atoms with van der Waals surface area (Å²) >= 11 is 3.12. The van der Waals surface area contributed by atoms with Crippen molar-refractivity contribution in [1.82, 2.24) is 10.2 Å². The first-order valence-corrected chi connectivity index (χ1v) is 5.99. The van der Waals surface area contributed by atoms with Crippen LogP contribution in [0.3, 0.4) is 0 Å². The molecule has 0 rings (SSSR count). The van der Waals surface area contributed by atoms with Crippen LogP contribution < -0.4 is 10.2 Å². The summed E-state index contributed by atoms with van der Waals surface area (Å²) in [6.45, 7) is 0.786. The average molecular weight is 241 g/mol. The summed E-state index contributed by atoms with van der Waals surface area (Å²) in [5.74, 6) is 0. The van der Waals surface area contributed by atoms with Crippen molar-refractivity contribution < 1.29 is 9.46 Å². The van der Waals surface area contributed by atoms with Crippen molar-refractivity contribution in [2.24, 2.45) is 0 Å². The second kappa shape index (κ2) is 6.20. The summed E-state index contributed by atoms with van der Waals surface area (Å²) < 4.78 is 11.0. The number of halogens is 1. The Morgan fingerprint density at radius 1 is 1.45 bits per heavy atom. The van der Waals surface area contributed by atoms with Gasteiger partial charge in [0.15, 0.2) is 0 Å². The normalized spacial score (nSPS) is 16.2. The van der Waals surface area contributed by atoms with Gasteiger partial charge in [0.25, 0.3) is 0 Å². The fourth-order valence-electron chi connectivity index (χ4n) is 0.466. The smallest absolute Gasteiger partial charge is 0.322 e. The third-order valence-corrected chi connectivity index (χ3v) is 2.59. The van der Waals surface area contributed by atoms with Crippen molar-refractivity contribution in [3.8, 4) is 0 Å². The zero-order chi connectivity index (χ0) is 8.74. The molecule has 0 spiro atoms. The minimum Gasteiger partial charge on any atom is -0.322 e. The van der Waals surface area contributed by atoms with Crippen LogP contribution in [0.2, 0.25) is 6.32 Å². The molecule has 0 amide bonds. The Kier molecular flexibility index (Phi) is 6.57. The summed E-state index contributed by atoms with van der Waals surface area (Å²) in [6, 6.07) is 0. The van der Waals surface area contributed by atoms with E-state index in [1.54, 1.807) is 0 Å². The average Bonchev–Trinajstić information content (AvgIpc) is 1.97. The van der Waals surface area contributed by atoms with Crippen LogP contribution in [0.1, 0.15) is 0 Å². The van der Waals surface area contributed by atoms with Gasteiger partial charge in [-0.05, 0) is 6.54 Å². The minimum atomic E-state index is -3.34. The summed E-state index contributed by atoms with van der Waals surface area (Å²) in [5, 5.41) is 5.48. The van der Waals surface area contributed by atoms with Gasteiger partial charge in [-0.3, -0.25) is 4.57 Å².